The van der Waals surface area contributed by atoms with Crippen molar-refractivity contribution in [3.8, 4) is 0 Å². The Morgan fingerprint density at radius 2 is 1.86 bits per heavy atom. The number of nitrogens with zero attached hydrogens (tertiary/aromatic N) is 2. The second-order valence-corrected chi connectivity index (χ2v) is 4.94. The van der Waals surface area contributed by atoms with Crippen molar-refractivity contribution >= 4 is 32.3 Å². The summed E-state index contributed by atoms with van der Waals surface area (Å²) in [5.74, 6) is 0. The number of rotatable bonds is 1. The molecule has 0 saturated heterocycles. The average Bonchev–Trinajstić information content (AvgIpc) is 2.39. The standard InChI is InChI=1S/C14H16N2O2.CH3.ClH.Ir/c1-14(2,3)18-13(17)16-11-8-4-6-10-7-5-9-15-12(10)11;;;/h4-9H,1-3H3,(H,16,17);1H3;1H;/q;-1;;+3/p-2. The van der Waals surface area contributed by atoms with Gasteiger partial charge in [-0.25, -0.2) is 0 Å². The van der Waals surface area contributed by atoms with Crippen LogP contribution in [0.3, 0.4) is 0 Å². The molecule has 1 aromatic carbocycles. The number of amides is 1. The molecule has 0 unspecified atom stereocenters. The maximum absolute atomic E-state index is 11.7. The van der Waals surface area contributed by atoms with Crippen molar-refractivity contribution in [3.63, 3.8) is 0 Å². The first kappa shape index (κ1) is 19.8. The van der Waals surface area contributed by atoms with E-state index >= 15 is 0 Å². The predicted molar refractivity (Wildman–Crippen MR) is 83.3 cm³/mol. The van der Waals surface area contributed by atoms with E-state index < -0.39 is 11.7 Å². The van der Waals surface area contributed by atoms with Gasteiger partial charge in [0.2, 0.25) is 6.09 Å². The first-order valence-electron chi connectivity index (χ1n) is 5.87. The summed E-state index contributed by atoms with van der Waals surface area (Å²) in [5, 5.41) is 4.90. The second-order valence-electron chi connectivity index (χ2n) is 4.94. The summed E-state index contributed by atoms with van der Waals surface area (Å²) in [6.07, 6.45) is 1.08. The number of aromatic nitrogens is 1. The van der Waals surface area contributed by atoms with E-state index in [2.05, 4.69) is 19.9 Å². The molecule has 1 heterocycles. The molecular weight excluding hydrogens is 468 g/mol. The molecule has 0 bridgehead atoms. The number of carbonyl (C=O) groups excluding carboxylic acids is 1. The Balaban J connectivity index is 0.00000128. The predicted octanol–water partition coefficient (Wildman–Crippen LogP) is 5.31. The monoisotopic (exact) mass is 486 g/mol. The van der Waals surface area contributed by atoms with Gasteiger partial charge in [-0.05, 0) is 32.2 Å². The minimum absolute atomic E-state index is 0. The van der Waals surface area contributed by atoms with Gasteiger partial charge >= 0.3 is 27.5 Å². The summed E-state index contributed by atoms with van der Waals surface area (Å²) in [4.78, 5) is 15.9. The van der Waals surface area contributed by atoms with Gasteiger partial charge in [0.1, 0.15) is 5.60 Å². The van der Waals surface area contributed by atoms with Crippen LogP contribution in [0.5, 0.6) is 0 Å². The van der Waals surface area contributed by atoms with Crippen LogP contribution in [0.4, 0.5) is 10.5 Å². The first-order valence-corrected chi connectivity index (χ1v) is 8.83. The van der Waals surface area contributed by atoms with Gasteiger partial charge in [-0.2, -0.15) is 0 Å². The molecule has 1 amide bonds. The van der Waals surface area contributed by atoms with Gasteiger partial charge in [-0.3, -0.25) is 9.78 Å². The van der Waals surface area contributed by atoms with Crippen molar-refractivity contribution in [1.29, 1.82) is 0 Å². The van der Waals surface area contributed by atoms with Crippen molar-refractivity contribution in [1.82, 2.24) is 4.98 Å². The van der Waals surface area contributed by atoms with Crippen molar-refractivity contribution in [2.75, 3.05) is 0 Å². The number of hydrogen-bond donors (Lipinski definition) is 0. The molecule has 0 atom stereocenters. The average molecular weight is 486 g/mol. The minimum atomic E-state index is -0.597. The van der Waals surface area contributed by atoms with Crippen LogP contribution in [-0.2, 0) is 22.6 Å². The van der Waals surface area contributed by atoms with Gasteiger partial charge in [-0.1, -0.05) is 24.3 Å². The van der Waals surface area contributed by atoms with E-state index in [1.807, 2.05) is 45.0 Å². The molecule has 116 valence electrons. The molecule has 0 N–H and O–H groups in total. The third-order valence-corrected chi connectivity index (χ3v) is 2.22. The van der Waals surface area contributed by atoms with Crippen LogP contribution >= 0.6 is 9.58 Å². The van der Waals surface area contributed by atoms with Gasteiger partial charge < -0.3 is 17.5 Å². The molecule has 6 heteroatoms. The molecule has 0 aliphatic rings. The van der Waals surface area contributed by atoms with Gasteiger partial charge in [0.15, 0.2) is 0 Å². The summed E-state index contributed by atoms with van der Waals surface area (Å²) in [7, 11) is 4.64. The Morgan fingerprint density at radius 1 is 1.24 bits per heavy atom. The molecule has 0 aliphatic heterocycles. The fourth-order valence-corrected chi connectivity index (χ4v) is 1.56. The van der Waals surface area contributed by atoms with E-state index in [-0.39, 0.29) is 7.43 Å². The number of carbonyl (C=O) groups is 1. The van der Waals surface area contributed by atoms with Gasteiger partial charge in [0.05, 0.1) is 5.52 Å². The van der Waals surface area contributed by atoms with E-state index in [0.29, 0.717) is 11.2 Å². The van der Waals surface area contributed by atoms with Crippen molar-refractivity contribution in [2.24, 2.45) is 0 Å². The van der Waals surface area contributed by atoms with E-state index in [1.54, 1.807) is 12.3 Å². The zero-order valence-corrected chi connectivity index (χ0v) is 15.5. The molecular formula is C15H18ClIrN2O2. The normalized spacial score (nSPS) is 9.95. The molecule has 4 nitrogen and oxygen atoms in total. The molecule has 0 radical (unpaired) electrons. The first-order chi connectivity index (χ1) is 9.46. The van der Waals surface area contributed by atoms with Crippen LogP contribution in [0.2, 0.25) is 0 Å². The number of benzene rings is 1. The summed E-state index contributed by atoms with van der Waals surface area (Å²) in [5.41, 5.74) is 0.687. The molecule has 0 saturated carbocycles. The van der Waals surface area contributed by atoms with E-state index in [1.165, 1.54) is 17.9 Å². The molecule has 0 fully saturated rings. The fourth-order valence-electron chi connectivity index (χ4n) is 1.56. The van der Waals surface area contributed by atoms with Crippen LogP contribution in [0.15, 0.2) is 36.5 Å². The molecule has 2 rings (SSSR count). The Labute approximate surface area is 140 Å². The summed E-state index contributed by atoms with van der Waals surface area (Å²) >= 11 is 1.47. The summed E-state index contributed by atoms with van der Waals surface area (Å²) in [6.45, 7) is 5.42. The SMILES string of the molecule is CC(C)(C)OC(=O)[N-]c1cccc2cccnc12.[CH3-].[Cl][Ir+2]. The van der Waals surface area contributed by atoms with E-state index in [4.69, 9.17) is 4.74 Å². The molecule has 0 aliphatic carbocycles. The third-order valence-electron chi connectivity index (χ3n) is 2.22. The molecule has 21 heavy (non-hydrogen) atoms. The van der Waals surface area contributed by atoms with Gasteiger partial charge in [0.25, 0.3) is 0 Å². The van der Waals surface area contributed by atoms with Crippen LogP contribution in [0, 0.1) is 7.43 Å². The van der Waals surface area contributed by atoms with Crippen molar-refractivity contribution in [3.05, 3.63) is 49.3 Å². The zero-order chi connectivity index (χ0) is 15.2. The molecule has 2 aromatic rings. The van der Waals surface area contributed by atoms with Crippen LogP contribution in [-0.4, -0.2) is 16.7 Å². The Morgan fingerprint density at radius 3 is 2.48 bits per heavy atom. The third kappa shape index (κ3) is 6.42. The number of halogens is 1. The second kappa shape index (κ2) is 8.98. The van der Waals surface area contributed by atoms with E-state index in [9.17, 15) is 4.79 Å². The number of para-hydroxylation sites is 1. The number of fused-ring (bicyclic) bond motifs is 1. The quantitative estimate of drug-likeness (QED) is 0.514. The van der Waals surface area contributed by atoms with Crippen molar-refractivity contribution < 1.29 is 27.4 Å². The molecule has 0 spiro atoms. The maximum atomic E-state index is 11.7. The summed E-state index contributed by atoms with van der Waals surface area (Å²) in [6, 6.07) is 9.29. The Hall–Kier alpha value is -1.16. The number of pyridine rings is 1. The van der Waals surface area contributed by atoms with Gasteiger partial charge in [0, 0.05) is 6.20 Å². The summed E-state index contributed by atoms with van der Waals surface area (Å²) < 4.78 is 5.16. The van der Waals surface area contributed by atoms with Crippen LogP contribution in [0.25, 0.3) is 16.2 Å². The zero-order valence-electron chi connectivity index (χ0n) is 12.4. The van der Waals surface area contributed by atoms with Crippen LogP contribution in [0.1, 0.15) is 20.8 Å². The molecule has 1 aromatic heterocycles. The van der Waals surface area contributed by atoms with E-state index in [0.717, 1.165) is 5.39 Å². The van der Waals surface area contributed by atoms with Crippen LogP contribution < -0.4 is 0 Å². The van der Waals surface area contributed by atoms with Gasteiger partial charge in [-0.15, -0.1) is 5.69 Å². The fraction of sp³-hybridized carbons (Fsp3) is 0.267. The van der Waals surface area contributed by atoms with Crippen molar-refractivity contribution in [2.45, 2.75) is 26.4 Å². The topological polar surface area (TPSA) is 53.3 Å². The Bertz CT molecular complexity index is 580. The number of ether oxygens (including phenoxy) is 1. The Kier molecular flexibility index (Phi) is 8.48. The number of hydrogen-bond acceptors (Lipinski definition) is 3.